The molecule has 1 aromatic carbocycles. The lowest BCUT2D eigenvalue weighted by Crippen LogP contribution is -2.24. The van der Waals surface area contributed by atoms with Gasteiger partial charge >= 0.3 is 0 Å². The van der Waals surface area contributed by atoms with Crippen LogP contribution >= 0.6 is 0 Å². The molecule has 0 aromatic heterocycles. The highest BCUT2D eigenvalue weighted by Gasteiger charge is 2.17. The Bertz CT molecular complexity index is 439. The monoisotopic (exact) mass is 282 g/mol. The van der Waals surface area contributed by atoms with Crippen LogP contribution in [0.25, 0.3) is 0 Å². The van der Waals surface area contributed by atoms with Gasteiger partial charge in [0.25, 0.3) is 0 Å². The second kappa shape index (κ2) is 7.17. The van der Waals surface area contributed by atoms with Crippen molar-refractivity contribution in [3.05, 3.63) is 29.3 Å². The van der Waals surface area contributed by atoms with Gasteiger partial charge in [0.05, 0.1) is 16.6 Å². The zero-order valence-corrected chi connectivity index (χ0v) is 12.5. The predicted molar refractivity (Wildman–Crippen MR) is 76.8 cm³/mol. The minimum Gasteiger partial charge on any atom is -0.352 e. The van der Waals surface area contributed by atoms with Gasteiger partial charge in [0.2, 0.25) is 0 Å². The van der Waals surface area contributed by atoms with E-state index in [9.17, 15) is 4.21 Å². The van der Waals surface area contributed by atoms with E-state index >= 15 is 0 Å². The minimum atomic E-state index is -1.06. The highest BCUT2D eigenvalue weighted by molar-refractivity contribution is 7.85. The Morgan fingerprint density at radius 1 is 1.16 bits per heavy atom. The van der Waals surface area contributed by atoms with E-state index in [0.717, 1.165) is 17.7 Å². The quantitative estimate of drug-likeness (QED) is 0.721. The van der Waals surface area contributed by atoms with Gasteiger partial charge < -0.3 is 9.47 Å². The lowest BCUT2D eigenvalue weighted by Gasteiger charge is -2.16. The molecule has 0 saturated heterocycles. The maximum Gasteiger partial charge on any atom is 0.169 e. The van der Waals surface area contributed by atoms with Crippen molar-refractivity contribution in [1.82, 2.24) is 0 Å². The molecule has 4 heteroatoms. The van der Waals surface area contributed by atoms with Crippen molar-refractivity contribution in [3.8, 4) is 0 Å². The highest BCUT2D eigenvalue weighted by atomic mass is 32.2. The van der Waals surface area contributed by atoms with E-state index in [-0.39, 0.29) is 6.29 Å². The second-order valence-electron chi connectivity index (χ2n) is 4.64. The summed E-state index contributed by atoms with van der Waals surface area (Å²) in [6.07, 6.45) is 3.11. The fourth-order valence-electron chi connectivity index (χ4n) is 2.43. The molecule has 0 heterocycles. The number of ether oxygens (including phenoxy) is 2. The molecule has 0 fully saturated rings. The zero-order chi connectivity index (χ0) is 13.7. The first-order valence-electron chi connectivity index (χ1n) is 6.98. The molecule has 0 radical (unpaired) electrons. The van der Waals surface area contributed by atoms with E-state index in [1.165, 1.54) is 17.5 Å². The average molecular weight is 282 g/mol. The minimum absolute atomic E-state index is 0.371. The Hall–Kier alpha value is -0.710. The Kier molecular flexibility index (Phi) is 5.55. The van der Waals surface area contributed by atoms with Gasteiger partial charge in [-0.2, -0.15) is 0 Å². The predicted octanol–water partition coefficient (Wildman–Crippen LogP) is 2.68. The van der Waals surface area contributed by atoms with Crippen LogP contribution in [0, 0.1) is 0 Å². The molecule has 1 aliphatic rings. The molecule has 106 valence electrons. The molecule has 0 spiro atoms. The van der Waals surface area contributed by atoms with Gasteiger partial charge in [0.15, 0.2) is 6.29 Å². The highest BCUT2D eigenvalue weighted by Crippen LogP contribution is 2.24. The molecule has 0 aliphatic heterocycles. The van der Waals surface area contributed by atoms with E-state index in [1.54, 1.807) is 0 Å². The molecule has 1 atom stereocenters. The van der Waals surface area contributed by atoms with Gasteiger partial charge in [-0.15, -0.1) is 0 Å². The SMILES string of the molecule is CCOC(CS(=O)c1ccc2c(c1)CCC2)OCC. The Morgan fingerprint density at radius 3 is 2.53 bits per heavy atom. The first-order valence-corrected chi connectivity index (χ1v) is 8.29. The van der Waals surface area contributed by atoms with E-state index in [1.807, 2.05) is 19.9 Å². The number of hydrogen-bond acceptors (Lipinski definition) is 3. The third kappa shape index (κ3) is 3.88. The molecular formula is C15H22O3S. The van der Waals surface area contributed by atoms with Gasteiger partial charge in [-0.1, -0.05) is 6.07 Å². The van der Waals surface area contributed by atoms with Crippen molar-refractivity contribution >= 4 is 10.8 Å². The maximum atomic E-state index is 12.4. The van der Waals surface area contributed by atoms with Gasteiger partial charge in [-0.3, -0.25) is 4.21 Å². The topological polar surface area (TPSA) is 35.5 Å². The molecule has 0 amide bonds. The van der Waals surface area contributed by atoms with Crippen molar-refractivity contribution in [1.29, 1.82) is 0 Å². The smallest absolute Gasteiger partial charge is 0.169 e. The average Bonchev–Trinajstić information content (AvgIpc) is 2.86. The van der Waals surface area contributed by atoms with Crippen molar-refractivity contribution < 1.29 is 13.7 Å². The van der Waals surface area contributed by atoms with Crippen LogP contribution in [0.4, 0.5) is 0 Å². The van der Waals surface area contributed by atoms with Crippen molar-refractivity contribution in [2.75, 3.05) is 19.0 Å². The van der Waals surface area contributed by atoms with E-state index < -0.39 is 10.8 Å². The van der Waals surface area contributed by atoms with Gasteiger partial charge in [-0.25, -0.2) is 0 Å². The fourth-order valence-corrected chi connectivity index (χ4v) is 3.55. The third-order valence-electron chi connectivity index (χ3n) is 3.33. The molecule has 0 N–H and O–H groups in total. The summed E-state index contributed by atoms with van der Waals surface area (Å²) in [5, 5.41) is 0. The molecule has 2 rings (SSSR count). The third-order valence-corrected chi connectivity index (χ3v) is 4.68. The summed E-state index contributed by atoms with van der Waals surface area (Å²) in [5.41, 5.74) is 2.77. The van der Waals surface area contributed by atoms with Crippen LogP contribution in [0.2, 0.25) is 0 Å². The van der Waals surface area contributed by atoms with E-state index in [4.69, 9.17) is 9.47 Å². The number of rotatable bonds is 7. The largest absolute Gasteiger partial charge is 0.352 e. The molecule has 0 bridgehead atoms. The van der Waals surface area contributed by atoms with Crippen LogP contribution in [0.3, 0.4) is 0 Å². The number of aryl methyl sites for hydroxylation is 2. The van der Waals surface area contributed by atoms with Crippen LogP contribution in [0.1, 0.15) is 31.4 Å². The summed E-state index contributed by atoms with van der Waals surface area (Å²) in [5.74, 6) is 0.403. The zero-order valence-electron chi connectivity index (χ0n) is 11.7. The second-order valence-corrected chi connectivity index (χ2v) is 6.13. The van der Waals surface area contributed by atoms with Crippen LogP contribution in [-0.2, 0) is 33.1 Å². The van der Waals surface area contributed by atoms with Gasteiger partial charge in [0, 0.05) is 18.1 Å². The van der Waals surface area contributed by atoms with Crippen LogP contribution < -0.4 is 0 Å². The number of fused-ring (bicyclic) bond motifs is 1. The summed E-state index contributed by atoms with van der Waals surface area (Å²) in [6.45, 7) is 4.99. The molecule has 3 nitrogen and oxygen atoms in total. The normalized spacial score (nSPS) is 15.7. The van der Waals surface area contributed by atoms with Gasteiger partial charge in [0.1, 0.15) is 0 Å². The van der Waals surface area contributed by atoms with Crippen molar-refractivity contribution in [2.24, 2.45) is 0 Å². The van der Waals surface area contributed by atoms with Crippen LogP contribution in [0.15, 0.2) is 23.1 Å². The lowest BCUT2D eigenvalue weighted by molar-refractivity contribution is -0.120. The summed E-state index contributed by atoms with van der Waals surface area (Å²) >= 11 is 0. The maximum absolute atomic E-state index is 12.4. The number of hydrogen-bond donors (Lipinski definition) is 0. The van der Waals surface area contributed by atoms with Crippen molar-refractivity contribution in [3.63, 3.8) is 0 Å². The van der Waals surface area contributed by atoms with Crippen molar-refractivity contribution in [2.45, 2.75) is 44.3 Å². The molecular weight excluding hydrogens is 260 g/mol. The molecule has 19 heavy (non-hydrogen) atoms. The first-order chi connectivity index (χ1) is 9.24. The molecule has 1 unspecified atom stereocenters. The summed E-state index contributed by atoms with van der Waals surface area (Å²) < 4.78 is 23.3. The Balaban J connectivity index is 2.02. The van der Waals surface area contributed by atoms with Crippen LogP contribution in [-0.4, -0.2) is 29.5 Å². The Labute approximate surface area is 117 Å². The fraction of sp³-hybridized carbons (Fsp3) is 0.600. The summed E-state index contributed by atoms with van der Waals surface area (Å²) in [6, 6.07) is 6.19. The molecule has 0 saturated carbocycles. The van der Waals surface area contributed by atoms with Crippen LogP contribution in [0.5, 0.6) is 0 Å². The number of benzene rings is 1. The van der Waals surface area contributed by atoms with E-state index in [0.29, 0.717) is 19.0 Å². The standard InChI is InChI=1S/C15H22O3S/c1-3-17-15(18-4-2)11-19(16)14-9-8-12-6-5-7-13(12)10-14/h8-10,15H,3-7,11H2,1-2H3. The molecule has 1 aromatic rings. The summed E-state index contributed by atoms with van der Waals surface area (Å²) in [7, 11) is -1.06. The Morgan fingerprint density at radius 2 is 1.84 bits per heavy atom. The summed E-state index contributed by atoms with van der Waals surface area (Å²) in [4.78, 5) is 0.894. The first kappa shape index (κ1) is 14.7. The van der Waals surface area contributed by atoms with E-state index in [2.05, 4.69) is 12.1 Å². The van der Waals surface area contributed by atoms with Gasteiger partial charge in [-0.05, 0) is 56.4 Å². The molecule has 1 aliphatic carbocycles. The lowest BCUT2D eigenvalue weighted by atomic mass is 10.1.